The number of esters is 1. The van der Waals surface area contributed by atoms with E-state index in [4.69, 9.17) is 10.5 Å². The van der Waals surface area contributed by atoms with Crippen molar-refractivity contribution in [3.05, 3.63) is 12.2 Å². The molecule has 12 heteroatoms. The first-order valence-corrected chi connectivity index (χ1v) is 14.0. The van der Waals surface area contributed by atoms with Crippen molar-refractivity contribution in [2.45, 2.75) is 110 Å². The summed E-state index contributed by atoms with van der Waals surface area (Å²) in [5, 5.41) is 8.03. The lowest BCUT2D eigenvalue weighted by molar-refractivity contribution is -0.159. The van der Waals surface area contributed by atoms with Crippen molar-refractivity contribution in [3.63, 3.8) is 0 Å². The van der Waals surface area contributed by atoms with E-state index in [2.05, 4.69) is 16.0 Å². The molecule has 0 saturated carbocycles. The van der Waals surface area contributed by atoms with E-state index >= 15 is 0 Å². The average Bonchev–Trinajstić information content (AvgIpc) is 3.17. The zero-order valence-electron chi connectivity index (χ0n) is 24.7. The van der Waals surface area contributed by atoms with Crippen molar-refractivity contribution >= 4 is 35.5 Å². The van der Waals surface area contributed by atoms with Crippen molar-refractivity contribution in [1.82, 2.24) is 20.9 Å². The molecule has 0 fully saturated rings. The van der Waals surface area contributed by atoms with Crippen LogP contribution in [0.5, 0.6) is 0 Å². The second kappa shape index (κ2) is 16.7. The monoisotopic (exact) mass is 565 g/mol. The highest BCUT2D eigenvalue weighted by atomic mass is 16.6. The van der Waals surface area contributed by atoms with Crippen LogP contribution in [0.2, 0.25) is 0 Å². The molecule has 5 N–H and O–H groups in total. The summed E-state index contributed by atoms with van der Waals surface area (Å²) in [5.41, 5.74) is 4.83. The third-order valence-corrected chi connectivity index (χ3v) is 6.16. The summed E-state index contributed by atoms with van der Waals surface area (Å²) in [6.45, 7) is 11.0. The number of imide groups is 1. The summed E-state index contributed by atoms with van der Waals surface area (Å²) in [4.78, 5) is 75.3. The molecule has 40 heavy (non-hydrogen) atoms. The van der Waals surface area contributed by atoms with Crippen LogP contribution in [0.15, 0.2) is 12.2 Å². The first-order valence-electron chi connectivity index (χ1n) is 14.0. The highest BCUT2D eigenvalue weighted by Crippen LogP contribution is 2.12. The Balaban J connectivity index is 2.58. The zero-order chi connectivity index (χ0) is 30.5. The summed E-state index contributed by atoms with van der Waals surface area (Å²) in [7, 11) is 0. The number of nitrogens with two attached hydrogens (primary N) is 1. The largest absolute Gasteiger partial charge is 0.458 e. The number of nitrogens with one attached hydrogen (secondary N) is 3. The SMILES string of the molecule is CC(NC(=O)[C@@H](NC(=O)CCCCCN1C(=O)C=CC1=O)C(C)C)C(=O)NC(CCCCN)C(=O)OC(C)(C)C. The van der Waals surface area contributed by atoms with Crippen LogP contribution >= 0.6 is 0 Å². The molecule has 0 aliphatic carbocycles. The summed E-state index contributed by atoms with van der Waals surface area (Å²) in [5.74, 6) is -2.83. The predicted octanol–water partition coefficient (Wildman–Crippen LogP) is 1.07. The first-order chi connectivity index (χ1) is 18.7. The number of carbonyl (C=O) groups is 6. The lowest BCUT2D eigenvalue weighted by Gasteiger charge is -2.27. The normalized spacial score (nSPS) is 15.6. The Morgan fingerprint density at radius 1 is 0.875 bits per heavy atom. The molecule has 1 heterocycles. The Labute approximate surface area is 237 Å². The second-order valence-corrected chi connectivity index (χ2v) is 11.4. The predicted molar refractivity (Wildman–Crippen MR) is 149 cm³/mol. The van der Waals surface area contributed by atoms with E-state index in [1.165, 1.54) is 19.1 Å². The molecule has 3 atom stereocenters. The van der Waals surface area contributed by atoms with Crippen LogP contribution in [0.1, 0.15) is 86.5 Å². The molecular formula is C28H47N5O7. The average molecular weight is 566 g/mol. The molecule has 0 bridgehead atoms. The minimum atomic E-state index is -0.962. The molecule has 0 saturated heterocycles. The number of amides is 5. The van der Waals surface area contributed by atoms with E-state index in [1.807, 2.05) is 0 Å². The van der Waals surface area contributed by atoms with Gasteiger partial charge in [-0.3, -0.25) is 28.9 Å². The molecule has 0 aromatic carbocycles. The fraction of sp³-hybridized carbons (Fsp3) is 0.714. The Morgan fingerprint density at radius 2 is 1.50 bits per heavy atom. The van der Waals surface area contributed by atoms with E-state index in [0.29, 0.717) is 51.6 Å². The molecule has 12 nitrogen and oxygen atoms in total. The minimum absolute atomic E-state index is 0.174. The van der Waals surface area contributed by atoms with Gasteiger partial charge in [0.25, 0.3) is 11.8 Å². The van der Waals surface area contributed by atoms with Gasteiger partial charge in [0.15, 0.2) is 0 Å². The van der Waals surface area contributed by atoms with Gasteiger partial charge in [-0.1, -0.05) is 20.3 Å². The number of carbonyl (C=O) groups excluding carboxylic acids is 6. The maximum atomic E-state index is 13.0. The molecule has 226 valence electrons. The fourth-order valence-corrected chi connectivity index (χ4v) is 3.94. The van der Waals surface area contributed by atoms with Crippen molar-refractivity contribution in [1.29, 1.82) is 0 Å². The number of rotatable bonds is 17. The minimum Gasteiger partial charge on any atom is -0.458 e. The Kier molecular flexibility index (Phi) is 14.5. The van der Waals surface area contributed by atoms with Crippen LogP contribution in [0, 0.1) is 5.92 Å². The topological polar surface area (TPSA) is 177 Å². The maximum absolute atomic E-state index is 13.0. The Morgan fingerprint density at radius 3 is 2.05 bits per heavy atom. The highest BCUT2D eigenvalue weighted by Gasteiger charge is 2.30. The first kappa shape index (κ1) is 34.7. The lowest BCUT2D eigenvalue weighted by atomic mass is 10.0. The van der Waals surface area contributed by atoms with E-state index in [1.54, 1.807) is 34.6 Å². The molecule has 0 radical (unpaired) electrons. The second-order valence-electron chi connectivity index (χ2n) is 11.4. The van der Waals surface area contributed by atoms with Gasteiger partial charge >= 0.3 is 5.97 Å². The molecule has 0 aromatic rings. The fourth-order valence-electron chi connectivity index (χ4n) is 3.94. The smallest absolute Gasteiger partial charge is 0.329 e. The lowest BCUT2D eigenvalue weighted by Crippen LogP contribution is -2.56. The molecule has 5 amide bonds. The third kappa shape index (κ3) is 12.7. The Hall–Kier alpha value is -3.28. The standard InChI is InChI=1S/C28H47N5O7/c1-18(2)24(32-21(34)13-8-7-11-17-33-22(35)14-15-23(33)36)26(38)30-19(3)25(37)31-20(12-9-10-16-29)27(39)40-28(4,5)6/h14-15,18-20,24H,7-13,16-17,29H2,1-6H3,(H,30,38)(H,31,37)(H,32,34)/t19?,20?,24-/m0/s1. The van der Waals surface area contributed by atoms with Gasteiger partial charge in [0.05, 0.1) is 0 Å². The molecule has 1 aliphatic heterocycles. The van der Waals surface area contributed by atoms with Gasteiger partial charge in [0.1, 0.15) is 23.7 Å². The molecule has 0 spiro atoms. The molecule has 1 aliphatic rings. The number of nitrogens with zero attached hydrogens (tertiary/aromatic N) is 1. The van der Waals surface area contributed by atoms with Gasteiger partial charge in [-0.05, 0) is 72.3 Å². The quantitative estimate of drug-likeness (QED) is 0.115. The van der Waals surface area contributed by atoms with Crippen molar-refractivity contribution in [2.75, 3.05) is 13.1 Å². The van der Waals surface area contributed by atoms with Crippen molar-refractivity contribution in [3.8, 4) is 0 Å². The number of ether oxygens (including phenoxy) is 1. The molecule has 0 aromatic heterocycles. The third-order valence-electron chi connectivity index (χ3n) is 6.16. The van der Waals surface area contributed by atoms with Crippen LogP contribution in [0.3, 0.4) is 0 Å². The maximum Gasteiger partial charge on any atom is 0.329 e. The van der Waals surface area contributed by atoms with Crippen LogP contribution in [-0.2, 0) is 33.5 Å². The van der Waals surface area contributed by atoms with Crippen LogP contribution in [-0.4, -0.2) is 77.2 Å². The molecule has 2 unspecified atom stereocenters. The zero-order valence-corrected chi connectivity index (χ0v) is 24.7. The van der Waals surface area contributed by atoms with Gasteiger partial charge in [-0.15, -0.1) is 0 Å². The van der Waals surface area contributed by atoms with Crippen LogP contribution in [0.25, 0.3) is 0 Å². The van der Waals surface area contributed by atoms with Crippen molar-refractivity contribution in [2.24, 2.45) is 11.7 Å². The van der Waals surface area contributed by atoms with E-state index in [9.17, 15) is 28.8 Å². The van der Waals surface area contributed by atoms with Gasteiger partial charge in [0, 0.05) is 25.1 Å². The van der Waals surface area contributed by atoms with E-state index in [0.717, 1.165) is 4.90 Å². The number of unbranched alkanes of at least 4 members (excludes halogenated alkanes) is 3. The van der Waals surface area contributed by atoms with Gasteiger partial charge in [-0.2, -0.15) is 0 Å². The highest BCUT2D eigenvalue weighted by molar-refractivity contribution is 6.12. The summed E-state index contributed by atoms with van der Waals surface area (Å²) >= 11 is 0. The number of hydrogen-bond acceptors (Lipinski definition) is 8. The van der Waals surface area contributed by atoms with Gasteiger partial charge < -0.3 is 26.4 Å². The van der Waals surface area contributed by atoms with Crippen LogP contribution < -0.4 is 21.7 Å². The van der Waals surface area contributed by atoms with Crippen molar-refractivity contribution < 1.29 is 33.5 Å². The Bertz CT molecular complexity index is 924. The van der Waals surface area contributed by atoms with Crippen LogP contribution in [0.4, 0.5) is 0 Å². The molecular weight excluding hydrogens is 518 g/mol. The molecule has 1 rings (SSSR count). The summed E-state index contributed by atoms with van der Waals surface area (Å²) in [6.07, 6.45) is 6.03. The van der Waals surface area contributed by atoms with E-state index in [-0.39, 0.29) is 30.1 Å². The number of hydrogen-bond donors (Lipinski definition) is 4. The summed E-state index contributed by atoms with van der Waals surface area (Å²) in [6, 6.07) is -2.70. The van der Waals surface area contributed by atoms with Gasteiger partial charge in [-0.25, -0.2) is 4.79 Å². The van der Waals surface area contributed by atoms with Gasteiger partial charge in [0.2, 0.25) is 17.7 Å². The van der Waals surface area contributed by atoms with E-state index < -0.39 is 41.5 Å². The summed E-state index contributed by atoms with van der Waals surface area (Å²) < 4.78 is 5.43.